The van der Waals surface area contributed by atoms with Crippen molar-refractivity contribution in [1.82, 2.24) is 15.1 Å². The molecule has 2 fully saturated rings. The maximum absolute atomic E-state index is 12.7. The molecule has 0 saturated carbocycles. The molecule has 2 aliphatic heterocycles. The zero-order chi connectivity index (χ0) is 20.8. The van der Waals surface area contributed by atoms with Crippen molar-refractivity contribution < 1.29 is 9.53 Å². The fourth-order valence-corrected chi connectivity index (χ4v) is 4.79. The van der Waals surface area contributed by atoms with Gasteiger partial charge in [-0.25, -0.2) is 0 Å². The summed E-state index contributed by atoms with van der Waals surface area (Å²) < 4.78 is 5.85. The van der Waals surface area contributed by atoms with E-state index in [1.54, 1.807) is 0 Å². The van der Waals surface area contributed by atoms with E-state index in [9.17, 15) is 4.79 Å². The highest BCUT2D eigenvalue weighted by Gasteiger charge is 2.29. The summed E-state index contributed by atoms with van der Waals surface area (Å²) in [6.45, 7) is 14.5. The summed E-state index contributed by atoms with van der Waals surface area (Å²) in [5.41, 5.74) is 1.27. The molecule has 162 valence electrons. The third-order valence-corrected chi connectivity index (χ3v) is 6.54. The SMILES string of the molecule is CC1CN(CC2CCN(C(C)C(=O)NCC(C)c3ccccc3)CC2)CC(C)O1. The second-order valence-corrected chi connectivity index (χ2v) is 9.19. The first-order valence-corrected chi connectivity index (χ1v) is 11.4. The van der Waals surface area contributed by atoms with Crippen molar-refractivity contribution in [2.75, 3.05) is 39.3 Å². The predicted octanol–water partition coefficient (Wildman–Crippen LogP) is 3.12. The number of morpholine rings is 1. The molecule has 1 N–H and O–H groups in total. The zero-order valence-electron chi connectivity index (χ0n) is 18.6. The first kappa shape index (κ1) is 22.3. The fraction of sp³-hybridized carbons (Fsp3) is 0.708. The van der Waals surface area contributed by atoms with Gasteiger partial charge in [-0.3, -0.25) is 14.6 Å². The molecule has 0 bridgehead atoms. The molecule has 2 heterocycles. The van der Waals surface area contributed by atoms with Crippen LogP contribution in [0.1, 0.15) is 52.0 Å². The van der Waals surface area contributed by atoms with Gasteiger partial charge in [-0.05, 0) is 64.1 Å². The van der Waals surface area contributed by atoms with E-state index in [4.69, 9.17) is 4.74 Å². The summed E-state index contributed by atoms with van der Waals surface area (Å²) in [6, 6.07) is 10.3. The Morgan fingerprint density at radius 2 is 1.72 bits per heavy atom. The van der Waals surface area contributed by atoms with Crippen LogP contribution in [0, 0.1) is 5.92 Å². The third kappa shape index (κ3) is 6.53. The normalized spacial score (nSPS) is 26.8. The second kappa shape index (κ2) is 10.6. The highest BCUT2D eigenvalue weighted by molar-refractivity contribution is 5.81. The molecule has 2 aliphatic rings. The molecule has 29 heavy (non-hydrogen) atoms. The van der Waals surface area contributed by atoms with E-state index in [0.29, 0.717) is 24.7 Å². The predicted molar refractivity (Wildman–Crippen MR) is 118 cm³/mol. The fourth-order valence-electron chi connectivity index (χ4n) is 4.79. The lowest BCUT2D eigenvalue weighted by Gasteiger charge is -2.40. The van der Waals surface area contributed by atoms with Gasteiger partial charge in [0.25, 0.3) is 0 Å². The van der Waals surface area contributed by atoms with Crippen molar-refractivity contribution in [3.63, 3.8) is 0 Å². The number of hydrogen-bond donors (Lipinski definition) is 1. The average molecular weight is 402 g/mol. The van der Waals surface area contributed by atoms with Gasteiger partial charge >= 0.3 is 0 Å². The Balaban J connectivity index is 1.39. The minimum Gasteiger partial charge on any atom is -0.373 e. The lowest BCUT2D eigenvalue weighted by atomic mass is 9.94. The van der Waals surface area contributed by atoms with Crippen LogP contribution in [0.25, 0.3) is 0 Å². The largest absolute Gasteiger partial charge is 0.373 e. The maximum atomic E-state index is 12.7. The van der Waals surface area contributed by atoms with Crippen molar-refractivity contribution >= 4 is 5.91 Å². The molecule has 1 amide bonds. The van der Waals surface area contributed by atoms with Crippen LogP contribution in [-0.4, -0.2) is 73.2 Å². The number of carbonyl (C=O) groups is 1. The topological polar surface area (TPSA) is 44.8 Å². The van der Waals surface area contributed by atoms with E-state index >= 15 is 0 Å². The number of rotatable bonds is 7. The first-order chi connectivity index (χ1) is 13.9. The van der Waals surface area contributed by atoms with E-state index in [1.165, 1.54) is 24.9 Å². The zero-order valence-corrected chi connectivity index (χ0v) is 18.6. The van der Waals surface area contributed by atoms with Gasteiger partial charge in [0.15, 0.2) is 0 Å². The van der Waals surface area contributed by atoms with Crippen LogP contribution in [0.4, 0.5) is 0 Å². The molecule has 0 aliphatic carbocycles. The Morgan fingerprint density at radius 1 is 1.10 bits per heavy atom. The third-order valence-electron chi connectivity index (χ3n) is 6.54. The number of benzene rings is 1. The Kier molecular flexibility index (Phi) is 8.10. The number of nitrogens with one attached hydrogen (secondary N) is 1. The van der Waals surface area contributed by atoms with Crippen LogP contribution in [0.2, 0.25) is 0 Å². The minimum atomic E-state index is -0.0534. The Hall–Kier alpha value is -1.43. The molecule has 1 aromatic carbocycles. The monoisotopic (exact) mass is 401 g/mol. The molecular formula is C24H39N3O2. The standard InChI is InChI=1S/C24H39N3O2/c1-18(23-8-6-5-7-9-23)14-25-24(28)21(4)27-12-10-22(11-13-27)17-26-15-19(2)29-20(3)16-26/h5-9,18-22H,10-17H2,1-4H3,(H,25,28). The van der Waals surface area contributed by atoms with E-state index in [2.05, 4.69) is 60.2 Å². The van der Waals surface area contributed by atoms with Crippen LogP contribution in [0.3, 0.4) is 0 Å². The number of piperidine rings is 1. The highest BCUT2D eigenvalue weighted by atomic mass is 16.5. The van der Waals surface area contributed by atoms with Gasteiger partial charge < -0.3 is 10.1 Å². The molecule has 1 aromatic rings. The van der Waals surface area contributed by atoms with Crippen molar-refractivity contribution in [3.8, 4) is 0 Å². The lowest BCUT2D eigenvalue weighted by molar-refractivity contribution is -0.126. The van der Waals surface area contributed by atoms with E-state index in [-0.39, 0.29) is 11.9 Å². The summed E-state index contributed by atoms with van der Waals surface area (Å²) in [5.74, 6) is 1.22. The van der Waals surface area contributed by atoms with Gasteiger partial charge in [0.2, 0.25) is 5.91 Å². The summed E-state index contributed by atoms with van der Waals surface area (Å²) in [6.07, 6.45) is 3.03. The molecular weight excluding hydrogens is 362 g/mol. The van der Waals surface area contributed by atoms with Crippen molar-refractivity contribution in [1.29, 1.82) is 0 Å². The van der Waals surface area contributed by atoms with Crippen LogP contribution in [0.15, 0.2) is 30.3 Å². The molecule has 3 rings (SSSR count). The Bertz CT molecular complexity index is 620. The second-order valence-electron chi connectivity index (χ2n) is 9.19. The molecule has 2 saturated heterocycles. The Labute approximate surface area is 176 Å². The average Bonchev–Trinajstić information content (AvgIpc) is 2.71. The molecule has 0 spiro atoms. The molecule has 0 radical (unpaired) electrons. The molecule has 4 atom stereocenters. The molecule has 5 heteroatoms. The quantitative estimate of drug-likeness (QED) is 0.763. The van der Waals surface area contributed by atoms with Gasteiger partial charge in [-0.1, -0.05) is 37.3 Å². The van der Waals surface area contributed by atoms with Crippen LogP contribution in [0.5, 0.6) is 0 Å². The molecule has 5 nitrogen and oxygen atoms in total. The minimum absolute atomic E-state index is 0.0534. The number of ether oxygens (including phenoxy) is 1. The number of carbonyl (C=O) groups excluding carboxylic acids is 1. The summed E-state index contributed by atoms with van der Waals surface area (Å²) in [4.78, 5) is 17.6. The smallest absolute Gasteiger partial charge is 0.237 e. The van der Waals surface area contributed by atoms with Crippen LogP contribution >= 0.6 is 0 Å². The van der Waals surface area contributed by atoms with Crippen molar-refractivity contribution in [3.05, 3.63) is 35.9 Å². The maximum Gasteiger partial charge on any atom is 0.237 e. The van der Waals surface area contributed by atoms with Gasteiger partial charge in [0.1, 0.15) is 0 Å². The van der Waals surface area contributed by atoms with Crippen molar-refractivity contribution in [2.24, 2.45) is 5.92 Å². The van der Waals surface area contributed by atoms with Crippen LogP contribution in [-0.2, 0) is 9.53 Å². The van der Waals surface area contributed by atoms with Gasteiger partial charge in [0, 0.05) is 26.2 Å². The number of likely N-dealkylation sites (tertiary alicyclic amines) is 1. The highest BCUT2D eigenvalue weighted by Crippen LogP contribution is 2.22. The van der Waals surface area contributed by atoms with Crippen LogP contribution < -0.4 is 5.32 Å². The number of amides is 1. The van der Waals surface area contributed by atoms with Gasteiger partial charge in [-0.2, -0.15) is 0 Å². The summed E-state index contributed by atoms with van der Waals surface area (Å²) >= 11 is 0. The Morgan fingerprint density at radius 3 is 2.34 bits per heavy atom. The lowest BCUT2D eigenvalue weighted by Crippen LogP contribution is -2.51. The van der Waals surface area contributed by atoms with Gasteiger partial charge in [-0.15, -0.1) is 0 Å². The van der Waals surface area contributed by atoms with E-state index in [1.807, 2.05) is 13.0 Å². The number of hydrogen-bond acceptors (Lipinski definition) is 4. The summed E-state index contributed by atoms with van der Waals surface area (Å²) in [5, 5.41) is 3.16. The molecule has 0 aromatic heterocycles. The summed E-state index contributed by atoms with van der Waals surface area (Å²) in [7, 11) is 0. The van der Waals surface area contributed by atoms with Crippen molar-refractivity contribution in [2.45, 2.75) is 64.7 Å². The number of nitrogens with zero attached hydrogens (tertiary/aromatic N) is 2. The first-order valence-electron chi connectivity index (χ1n) is 11.4. The van der Waals surface area contributed by atoms with E-state index in [0.717, 1.165) is 32.1 Å². The molecule has 4 unspecified atom stereocenters. The van der Waals surface area contributed by atoms with Gasteiger partial charge in [0.05, 0.1) is 18.2 Å². The van der Waals surface area contributed by atoms with E-state index < -0.39 is 0 Å².